The average molecular weight is 504 g/mol. The number of thiocarbonyl (C=S) groups is 1. The minimum Gasteiger partial charge on any atom is -0.361 e. The summed E-state index contributed by atoms with van der Waals surface area (Å²) in [5, 5.41) is 6.04. The highest BCUT2D eigenvalue weighted by Crippen LogP contribution is 2.32. The van der Waals surface area contributed by atoms with Gasteiger partial charge in [-0.15, -0.1) is 0 Å². The maximum absolute atomic E-state index is 12.6. The van der Waals surface area contributed by atoms with Gasteiger partial charge in [-0.1, -0.05) is 28.1 Å². The number of Topliss-reactive ketones (excluding diaryl/α,β-unsaturated/α-hetero) is 1. The Morgan fingerprint density at radius 2 is 1.93 bits per heavy atom. The lowest BCUT2D eigenvalue weighted by Crippen LogP contribution is -2.38. The summed E-state index contributed by atoms with van der Waals surface area (Å²) in [6.45, 7) is 2.03. The first-order chi connectivity index (χ1) is 14.3. The van der Waals surface area contributed by atoms with Gasteiger partial charge in [0.2, 0.25) is 0 Å². The smallest absolute Gasteiger partial charge is 0.293 e. The van der Waals surface area contributed by atoms with Crippen molar-refractivity contribution in [2.45, 2.75) is 6.92 Å². The van der Waals surface area contributed by atoms with E-state index in [2.05, 4.69) is 26.6 Å². The van der Waals surface area contributed by atoms with Gasteiger partial charge in [0, 0.05) is 28.8 Å². The number of nitrogens with zero attached hydrogens (tertiary/aromatic N) is 1. The summed E-state index contributed by atoms with van der Waals surface area (Å²) in [4.78, 5) is 37.7. The molecule has 0 spiro atoms. The lowest BCUT2D eigenvalue weighted by molar-refractivity contribution is -0.122. The van der Waals surface area contributed by atoms with Crippen LogP contribution in [-0.4, -0.2) is 40.0 Å². The molecule has 0 unspecified atom stereocenters. The average Bonchev–Trinajstić information content (AvgIpc) is 2.95. The second-order valence-electron chi connectivity index (χ2n) is 6.40. The molecule has 0 radical (unpaired) electrons. The van der Waals surface area contributed by atoms with Crippen molar-refractivity contribution in [1.29, 1.82) is 0 Å². The zero-order valence-electron chi connectivity index (χ0n) is 16.0. The van der Waals surface area contributed by atoms with Crippen molar-refractivity contribution in [3.63, 3.8) is 0 Å². The summed E-state index contributed by atoms with van der Waals surface area (Å²) < 4.78 is 0.900. The lowest BCUT2D eigenvalue weighted by Gasteiger charge is -2.15. The Morgan fingerprint density at radius 3 is 2.60 bits per heavy atom. The van der Waals surface area contributed by atoms with Crippen LogP contribution in [0.4, 0.5) is 10.5 Å². The van der Waals surface area contributed by atoms with Gasteiger partial charge in [-0.3, -0.25) is 19.3 Å². The van der Waals surface area contributed by atoms with E-state index in [1.807, 2.05) is 24.3 Å². The number of thioether (sulfide) groups is 1. The molecular weight excluding hydrogens is 486 g/mol. The highest BCUT2D eigenvalue weighted by molar-refractivity contribution is 9.10. The van der Waals surface area contributed by atoms with Crippen LogP contribution < -0.4 is 10.6 Å². The van der Waals surface area contributed by atoms with E-state index in [0.717, 1.165) is 27.5 Å². The van der Waals surface area contributed by atoms with E-state index in [9.17, 15) is 14.4 Å². The number of halogens is 1. The van der Waals surface area contributed by atoms with Gasteiger partial charge in [-0.05, 0) is 78.9 Å². The number of rotatable bonds is 6. The second-order valence-corrected chi connectivity index (χ2v) is 8.72. The first-order valence-electron chi connectivity index (χ1n) is 9.00. The van der Waals surface area contributed by atoms with Gasteiger partial charge >= 0.3 is 0 Å². The zero-order valence-corrected chi connectivity index (χ0v) is 19.2. The molecule has 9 heteroatoms. The van der Waals surface area contributed by atoms with E-state index in [1.54, 1.807) is 30.3 Å². The van der Waals surface area contributed by atoms with E-state index in [0.29, 0.717) is 22.1 Å². The summed E-state index contributed by atoms with van der Waals surface area (Å²) in [7, 11) is 0. The molecule has 30 heavy (non-hydrogen) atoms. The first-order valence-corrected chi connectivity index (χ1v) is 11.0. The predicted octanol–water partition coefficient (Wildman–Crippen LogP) is 4.67. The summed E-state index contributed by atoms with van der Waals surface area (Å²) in [5.74, 6) is -0.320. The van der Waals surface area contributed by atoms with Crippen LogP contribution in [0.25, 0.3) is 6.08 Å². The Bertz CT molecular complexity index is 1040. The Balaban J connectivity index is 1.51. The Morgan fingerprint density at radius 1 is 1.20 bits per heavy atom. The number of carbonyl (C=O) groups excluding carboxylic acids is 3. The molecule has 0 aliphatic carbocycles. The highest BCUT2D eigenvalue weighted by atomic mass is 79.9. The van der Waals surface area contributed by atoms with E-state index in [1.165, 1.54) is 11.8 Å². The third-order valence-corrected chi connectivity index (χ3v) is 5.84. The summed E-state index contributed by atoms with van der Waals surface area (Å²) in [6, 6.07) is 14.4. The van der Waals surface area contributed by atoms with Crippen molar-refractivity contribution in [1.82, 2.24) is 10.2 Å². The number of hydrogen-bond acceptors (Lipinski definition) is 5. The van der Waals surface area contributed by atoms with Crippen LogP contribution in [0.3, 0.4) is 0 Å². The molecule has 0 bridgehead atoms. The molecule has 1 fully saturated rings. The Hall–Kier alpha value is -2.49. The number of ketones is 1. The Labute approximate surface area is 192 Å². The van der Waals surface area contributed by atoms with Crippen LogP contribution in [0.15, 0.2) is 57.9 Å². The second kappa shape index (κ2) is 10.0. The normalized spacial score (nSPS) is 14.9. The molecule has 1 aliphatic rings. The molecule has 1 aliphatic heterocycles. The number of carbonyl (C=O) groups is 3. The Kier molecular flexibility index (Phi) is 7.41. The number of amides is 2. The maximum atomic E-state index is 12.6. The summed E-state index contributed by atoms with van der Waals surface area (Å²) >= 11 is 9.56. The number of imide groups is 1. The molecule has 0 aromatic heterocycles. The molecule has 0 atom stereocenters. The standard InChI is InChI=1S/C21H18BrN3O3S2/c1-13(26)15-5-7-17(8-6-15)24-20(29)23-9-10-25-19(27)18(30-21(25)28)12-14-3-2-4-16(22)11-14/h2-8,11-12H,9-10H2,1H3,(H2,23,24,29)/b18-12+. The molecule has 1 heterocycles. The van der Waals surface area contributed by atoms with Crippen LogP contribution in [0, 0.1) is 0 Å². The molecule has 154 valence electrons. The number of hydrogen-bond donors (Lipinski definition) is 2. The molecule has 2 amide bonds. The number of benzene rings is 2. The van der Waals surface area contributed by atoms with E-state index in [-0.39, 0.29) is 23.5 Å². The SMILES string of the molecule is CC(=O)c1ccc(NC(=S)NCCN2C(=O)S/C(=C/c3cccc(Br)c3)C2=O)cc1. The molecular formula is C21H18BrN3O3S2. The maximum Gasteiger partial charge on any atom is 0.293 e. The van der Waals surface area contributed by atoms with Crippen molar-refractivity contribution in [2.24, 2.45) is 0 Å². The quantitative estimate of drug-likeness (QED) is 0.336. The van der Waals surface area contributed by atoms with Gasteiger partial charge in [0.1, 0.15) is 0 Å². The molecule has 2 N–H and O–H groups in total. The monoisotopic (exact) mass is 503 g/mol. The van der Waals surface area contributed by atoms with Gasteiger partial charge in [-0.2, -0.15) is 0 Å². The topological polar surface area (TPSA) is 78.5 Å². The fourth-order valence-corrected chi connectivity index (χ4v) is 4.19. The van der Waals surface area contributed by atoms with Crippen LogP contribution >= 0.6 is 39.9 Å². The molecule has 1 saturated heterocycles. The highest BCUT2D eigenvalue weighted by Gasteiger charge is 2.34. The minimum absolute atomic E-state index is 0.00612. The number of anilines is 1. The number of nitrogens with one attached hydrogen (secondary N) is 2. The van der Waals surface area contributed by atoms with Crippen molar-refractivity contribution < 1.29 is 14.4 Å². The fourth-order valence-electron chi connectivity index (χ4n) is 2.69. The third-order valence-electron chi connectivity index (χ3n) is 4.19. The molecule has 0 saturated carbocycles. The summed E-state index contributed by atoms with van der Waals surface area (Å²) in [6.07, 6.45) is 1.71. The van der Waals surface area contributed by atoms with Gasteiger partial charge < -0.3 is 10.6 Å². The summed E-state index contributed by atoms with van der Waals surface area (Å²) in [5.41, 5.74) is 2.20. The van der Waals surface area contributed by atoms with Crippen LogP contribution in [-0.2, 0) is 4.79 Å². The van der Waals surface area contributed by atoms with E-state index >= 15 is 0 Å². The van der Waals surface area contributed by atoms with Gasteiger partial charge in [0.15, 0.2) is 10.9 Å². The zero-order chi connectivity index (χ0) is 21.7. The third kappa shape index (κ3) is 5.78. The van der Waals surface area contributed by atoms with Gasteiger partial charge in [-0.25, -0.2) is 0 Å². The lowest BCUT2D eigenvalue weighted by atomic mass is 10.1. The van der Waals surface area contributed by atoms with Crippen molar-refractivity contribution in [2.75, 3.05) is 18.4 Å². The predicted molar refractivity (Wildman–Crippen MR) is 127 cm³/mol. The first kappa shape index (κ1) is 22.2. The molecule has 3 rings (SSSR count). The molecule has 2 aromatic carbocycles. The van der Waals surface area contributed by atoms with Crippen molar-refractivity contribution in [3.05, 3.63) is 69.0 Å². The van der Waals surface area contributed by atoms with Crippen LogP contribution in [0.2, 0.25) is 0 Å². The van der Waals surface area contributed by atoms with E-state index < -0.39 is 0 Å². The van der Waals surface area contributed by atoms with Crippen LogP contribution in [0.5, 0.6) is 0 Å². The van der Waals surface area contributed by atoms with E-state index in [4.69, 9.17) is 12.2 Å². The minimum atomic E-state index is -0.314. The van der Waals surface area contributed by atoms with Gasteiger partial charge in [0.05, 0.1) is 4.91 Å². The van der Waals surface area contributed by atoms with Gasteiger partial charge in [0.25, 0.3) is 11.1 Å². The molecule has 6 nitrogen and oxygen atoms in total. The van der Waals surface area contributed by atoms with Crippen LogP contribution in [0.1, 0.15) is 22.8 Å². The fraction of sp³-hybridized carbons (Fsp3) is 0.143. The van der Waals surface area contributed by atoms with Crippen molar-refractivity contribution >= 4 is 73.7 Å². The largest absolute Gasteiger partial charge is 0.361 e. The van der Waals surface area contributed by atoms with Crippen molar-refractivity contribution in [3.8, 4) is 0 Å². The molecule has 2 aromatic rings.